The molecule has 4 heteroatoms. The van der Waals surface area contributed by atoms with E-state index in [0.29, 0.717) is 17.5 Å². The standard InChI is InChI=1S/C43H27N3O/c1-3-10-28(11-4-1)32-22-24-35-34(26-32)14-9-16-38(35)43-45-41(30-12-5-2-6-13-30)44-42(46-43)31-20-18-29(19-21-31)33-23-25-37-36-15-7-8-17-39(36)47-40(37)27-33/h1-27H. The maximum atomic E-state index is 6.15. The second-order valence-electron chi connectivity index (χ2n) is 11.7. The number of hydrogen-bond donors (Lipinski definition) is 0. The van der Waals surface area contributed by atoms with Crippen LogP contribution in [-0.2, 0) is 0 Å². The van der Waals surface area contributed by atoms with Gasteiger partial charge in [-0.15, -0.1) is 0 Å². The van der Waals surface area contributed by atoms with Crippen molar-refractivity contribution < 1.29 is 4.42 Å². The molecule has 4 nitrogen and oxygen atoms in total. The van der Waals surface area contributed by atoms with E-state index in [9.17, 15) is 0 Å². The summed E-state index contributed by atoms with van der Waals surface area (Å²) < 4.78 is 6.15. The van der Waals surface area contributed by atoms with E-state index >= 15 is 0 Å². The van der Waals surface area contributed by atoms with E-state index in [0.717, 1.165) is 60.5 Å². The van der Waals surface area contributed by atoms with Crippen molar-refractivity contribution in [3.63, 3.8) is 0 Å². The van der Waals surface area contributed by atoms with Gasteiger partial charge in [0.2, 0.25) is 0 Å². The van der Waals surface area contributed by atoms with Crippen molar-refractivity contribution in [2.45, 2.75) is 0 Å². The molecule has 0 spiro atoms. The van der Waals surface area contributed by atoms with Crippen LogP contribution in [0.5, 0.6) is 0 Å². The first-order valence-corrected chi connectivity index (χ1v) is 15.7. The third-order valence-electron chi connectivity index (χ3n) is 8.75. The lowest BCUT2D eigenvalue weighted by Gasteiger charge is -2.11. The lowest BCUT2D eigenvalue weighted by molar-refractivity contribution is 0.669. The number of nitrogens with zero attached hydrogens (tertiary/aromatic N) is 3. The second kappa shape index (κ2) is 11.2. The molecule has 0 saturated heterocycles. The van der Waals surface area contributed by atoms with E-state index in [-0.39, 0.29) is 0 Å². The van der Waals surface area contributed by atoms with Crippen LogP contribution in [0.1, 0.15) is 0 Å². The summed E-state index contributed by atoms with van der Waals surface area (Å²) in [4.78, 5) is 15.0. The molecule has 0 N–H and O–H groups in total. The van der Waals surface area contributed by atoms with Crippen LogP contribution in [0.3, 0.4) is 0 Å². The number of rotatable bonds is 5. The van der Waals surface area contributed by atoms with Crippen LogP contribution in [0.4, 0.5) is 0 Å². The molecule has 2 aromatic heterocycles. The SMILES string of the molecule is c1ccc(-c2ccc3c(-c4nc(-c5ccccc5)nc(-c5ccc(-c6ccc7c(c6)oc6ccccc67)cc5)n4)cccc3c2)cc1. The van der Waals surface area contributed by atoms with Crippen molar-refractivity contribution >= 4 is 32.7 Å². The molecule has 0 aliphatic carbocycles. The molecule has 7 aromatic carbocycles. The van der Waals surface area contributed by atoms with Crippen LogP contribution in [0.15, 0.2) is 168 Å². The van der Waals surface area contributed by atoms with E-state index < -0.39 is 0 Å². The average molecular weight is 602 g/mol. The van der Waals surface area contributed by atoms with Crippen LogP contribution in [0.25, 0.3) is 89.1 Å². The summed E-state index contributed by atoms with van der Waals surface area (Å²) in [5, 5.41) is 4.49. The summed E-state index contributed by atoms with van der Waals surface area (Å²) in [6, 6.07) is 56.4. The van der Waals surface area contributed by atoms with E-state index in [1.807, 2.05) is 54.6 Å². The quantitative estimate of drug-likeness (QED) is 0.197. The van der Waals surface area contributed by atoms with Gasteiger partial charge in [0.1, 0.15) is 11.2 Å². The van der Waals surface area contributed by atoms with Crippen molar-refractivity contribution in [3.05, 3.63) is 164 Å². The first-order valence-electron chi connectivity index (χ1n) is 15.7. The first kappa shape index (κ1) is 27.0. The normalized spacial score (nSPS) is 11.4. The molecule has 0 aliphatic rings. The zero-order chi connectivity index (χ0) is 31.2. The molecule has 0 radical (unpaired) electrons. The molecular weight excluding hydrogens is 574 g/mol. The summed E-state index contributed by atoms with van der Waals surface area (Å²) >= 11 is 0. The third-order valence-corrected chi connectivity index (χ3v) is 8.75. The molecule has 0 fully saturated rings. The van der Waals surface area contributed by atoms with E-state index in [2.05, 4.69) is 109 Å². The van der Waals surface area contributed by atoms with Crippen LogP contribution >= 0.6 is 0 Å². The molecule has 2 heterocycles. The molecule has 0 atom stereocenters. The highest BCUT2D eigenvalue weighted by molar-refractivity contribution is 6.06. The molecule has 0 saturated carbocycles. The Labute approximate surface area is 271 Å². The fraction of sp³-hybridized carbons (Fsp3) is 0. The summed E-state index contributed by atoms with van der Waals surface area (Å²) in [5.41, 5.74) is 9.17. The van der Waals surface area contributed by atoms with Gasteiger partial charge in [0.25, 0.3) is 0 Å². The topological polar surface area (TPSA) is 51.8 Å². The minimum Gasteiger partial charge on any atom is -0.456 e. The Kier molecular flexibility index (Phi) is 6.43. The minimum atomic E-state index is 0.631. The second-order valence-corrected chi connectivity index (χ2v) is 11.7. The number of fused-ring (bicyclic) bond motifs is 4. The summed E-state index contributed by atoms with van der Waals surface area (Å²) in [5.74, 6) is 1.92. The average Bonchev–Trinajstić information content (AvgIpc) is 3.53. The lowest BCUT2D eigenvalue weighted by atomic mass is 9.98. The van der Waals surface area contributed by atoms with Crippen molar-refractivity contribution in [1.29, 1.82) is 0 Å². The van der Waals surface area contributed by atoms with Crippen molar-refractivity contribution in [3.8, 4) is 56.4 Å². The first-order chi connectivity index (χ1) is 23.3. The van der Waals surface area contributed by atoms with Gasteiger partial charge >= 0.3 is 0 Å². The maximum absolute atomic E-state index is 6.15. The Balaban J connectivity index is 1.13. The van der Waals surface area contributed by atoms with Gasteiger partial charge in [0.15, 0.2) is 17.5 Å². The number of benzene rings is 7. The van der Waals surface area contributed by atoms with Gasteiger partial charge in [-0.3, -0.25) is 0 Å². The van der Waals surface area contributed by atoms with E-state index in [4.69, 9.17) is 19.4 Å². The van der Waals surface area contributed by atoms with Gasteiger partial charge in [-0.25, -0.2) is 15.0 Å². The third kappa shape index (κ3) is 4.93. The molecule has 0 aliphatic heterocycles. The van der Waals surface area contributed by atoms with Gasteiger partial charge in [-0.1, -0.05) is 140 Å². The fourth-order valence-corrected chi connectivity index (χ4v) is 6.35. The van der Waals surface area contributed by atoms with Crippen LogP contribution < -0.4 is 0 Å². The number of furan rings is 1. The largest absolute Gasteiger partial charge is 0.456 e. The Bertz CT molecular complexity index is 2550. The highest BCUT2D eigenvalue weighted by Crippen LogP contribution is 2.35. The van der Waals surface area contributed by atoms with Gasteiger partial charge in [0, 0.05) is 27.5 Å². The lowest BCUT2D eigenvalue weighted by Crippen LogP contribution is -2.00. The predicted molar refractivity (Wildman–Crippen MR) is 192 cm³/mol. The number of aromatic nitrogens is 3. The predicted octanol–water partition coefficient (Wildman–Crippen LogP) is 11.3. The maximum Gasteiger partial charge on any atom is 0.164 e. The van der Waals surface area contributed by atoms with Crippen LogP contribution in [-0.4, -0.2) is 15.0 Å². The summed E-state index contributed by atoms with van der Waals surface area (Å²) in [6.45, 7) is 0. The number of para-hydroxylation sites is 1. The summed E-state index contributed by atoms with van der Waals surface area (Å²) in [7, 11) is 0. The molecular formula is C43H27N3O. The smallest absolute Gasteiger partial charge is 0.164 e. The molecule has 0 unspecified atom stereocenters. The minimum absolute atomic E-state index is 0.631. The highest BCUT2D eigenvalue weighted by atomic mass is 16.3. The zero-order valence-corrected chi connectivity index (χ0v) is 25.3. The van der Waals surface area contributed by atoms with Crippen molar-refractivity contribution in [2.75, 3.05) is 0 Å². The molecule has 47 heavy (non-hydrogen) atoms. The van der Waals surface area contributed by atoms with Gasteiger partial charge < -0.3 is 4.42 Å². The molecule has 0 amide bonds. The molecule has 0 bridgehead atoms. The van der Waals surface area contributed by atoms with Gasteiger partial charge in [-0.05, 0) is 57.3 Å². The van der Waals surface area contributed by atoms with Crippen molar-refractivity contribution in [2.24, 2.45) is 0 Å². The van der Waals surface area contributed by atoms with Crippen molar-refractivity contribution in [1.82, 2.24) is 15.0 Å². The monoisotopic (exact) mass is 601 g/mol. The highest BCUT2D eigenvalue weighted by Gasteiger charge is 2.15. The Morgan fingerprint density at radius 2 is 0.851 bits per heavy atom. The fourth-order valence-electron chi connectivity index (χ4n) is 6.35. The van der Waals surface area contributed by atoms with Gasteiger partial charge in [0.05, 0.1) is 0 Å². The Hall–Kier alpha value is -6.39. The summed E-state index contributed by atoms with van der Waals surface area (Å²) in [6.07, 6.45) is 0. The molecule has 9 aromatic rings. The van der Waals surface area contributed by atoms with Crippen LogP contribution in [0, 0.1) is 0 Å². The molecule has 220 valence electrons. The molecule has 9 rings (SSSR count). The van der Waals surface area contributed by atoms with E-state index in [1.54, 1.807) is 0 Å². The van der Waals surface area contributed by atoms with Gasteiger partial charge in [-0.2, -0.15) is 0 Å². The zero-order valence-electron chi connectivity index (χ0n) is 25.3. The van der Waals surface area contributed by atoms with E-state index in [1.165, 1.54) is 11.1 Å². The Morgan fingerprint density at radius 1 is 0.319 bits per heavy atom. The Morgan fingerprint density at radius 3 is 1.62 bits per heavy atom. The van der Waals surface area contributed by atoms with Crippen LogP contribution in [0.2, 0.25) is 0 Å². The number of hydrogen-bond acceptors (Lipinski definition) is 4.